The Hall–Kier alpha value is -1.28. The van der Waals surface area contributed by atoms with E-state index in [0.717, 1.165) is 5.56 Å². The van der Waals surface area contributed by atoms with Crippen molar-refractivity contribution in [3.8, 4) is 0 Å². The van der Waals surface area contributed by atoms with E-state index in [1.54, 1.807) is 0 Å². The zero-order valence-electron chi connectivity index (χ0n) is 7.16. The highest BCUT2D eigenvalue weighted by atomic mass is 35.5. The van der Waals surface area contributed by atoms with Crippen LogP contribution in [0.2, 0.25) is 0 Å². The molecule has 0 saturated carbocycles. The van der Waals surface area contributed by atoms with Gasteiger partial charge in [0.2, 0.25) is 5.24 Å². The molecular formula is C10H9ClO2. The molecule has 1 aromatic rings. The molecule has 0 aromatic heterocycles. The number of benzene rings is 1. The summed E-state index contributed by atoms with van der Waals surface area (Å²) in [5.41, 5.74) is 0.832. The van der Waals surface area contributed by atoms with Crippen LogP contribution in [0.15, 0.2) is 36.4 Å². The fourth-order valence-corrected chi connectivity index (χ4v) is 1.06. The first-order valence-electron chi connectivity index (χ1n) is 3.74. The van der Waals surface area contributed by atoms with E-state index in [9.17, 15) is 4.79 Å². The van der Waals surface area contributed by atoms with E-state index in [2.05, 4.69) is 0 Å². The number of halogens is 1. The summed E-state index contributed by atoms with van der Waals surface area (Å²) in [5, 5.41) is -0.541. The summed E-state index contributed by atoms with van der Waals surface area (Å²) >= 11 is 5.21. The van der Waals surface area contributed by atoms with E-state index in [1.165, 1.54) is 13.2 Å². The Bertz CT molecular complexity index is 317. The van der Waals surface area contributed by atoms with Gasteiger partial charge in [-0.15, -0.1) is 0 Å². The van der Waals surface area contributed by atoms with E-state index in [0.29, 0.717) is 5.76 Å². The van der Waals surface area contributed by atoms with Crippen molar-refractivity contribution in [1.82, 2.24) is 0 Å². The number of carbonyl (C=O) groups is 1. The maximum atomic E-state index is 10.6. The molecule has 0 aliphatic rings. The Morgan fingerprint density at radius 1 is 1.38 bits per heavy atom. The summed E-state index contributed by atoms with van der Waals surface area (Å²) in [5.74, 6) is 0.473. The molecule has 1 rings (SSSR count). The molecule has 2 nitrogen and oxygen atoms in total. The third-order valence-corrected chi connectivity index (χ3v) is 1.63. The second-order valence-corrected chi connectivity index (χ2v) is 2.76. The van der Waals surface area contributed by atoms with Crippen molar-refractivity contribution in [3.05, 3.63) is 42.0 Å². The second-order valence-electron chi connectivity index (χ2n) is 2.38. The Morgan fingerprint density at radius 3 is 2.46 bits per heavy atom. The van der Waals surface area contributed by atoms with Gasteiger partial charge in [0.25, 0.3) is 0 Å². The van der Waals surface area contributed by atoms with Crippen molar-refractivity contribution in [2.45, 2.75) is 0 Å². The molecule has 1 aromatic carbocycles. The Balaban J connectivity index is 2.98. The zero-order valence-corrected chi connectivity index (χ0v) is 7.91. The van der Waals surface area contributed by atoms with Crippen LogP contribution in [0.3, 0.4) is 0 Å². The number of methoxy groups -OCH3 is 1. The molecule has 0 atom stereocenters. The van der Waals surface area contributed by atoms with Crippen molar-refractivity contribution >= 4 is 22.6 Å². The topological polar surface area (TPSA) is 26.3 Å². The van der Waals surface area contributed by atoms with Crippen LogP contribution in [0.1, 0.15) is 5.56 Å². The number of ether oxygens (including phenoxy) is 1. The van der Waals surface area contributed by atoms with Crippen LogP contribution in [-0.4, -0.2) is 12.4 Å². The van der Waals surface area contributed by atoms with Gasteiger partial charge in [-0.3, -0.25) is 4.79 Å². The van der Waals surface area contributed by atoms with Gasteiger partial charge in [-0.25, -0.2) is 0 Å². The minimum atomic E-state index is -0.541. The quantitative estimate of drug-likeness (QED) is 0.422. The van der Waals surface area contributed by atoms with Crippen LogP contribution in [0.25, 0.3) is 5.76 Å². The molecule has 0 saturated heterocycles. The van der Waals surface area contributed by atoms with Gasteiger partial charge in [-0.1, -0.05) is 30.3 Å². The smallest absolute Gasteiger partial charge is 0.248 e. The van der Waals surface area contributed by atoms with Gasteiger partial charge in [-0.2, -0.15) is 0 Å². The molecule has 0 spiro atoms. The van der Waals surface area contributed by atoms with E-state index in [-0.39, 0.29) is 0 Å². The molecule has 0 unspecified atom stereocenters. The van der Waals surface area contributed by atoms with Crippen molar-refractivity contribution in [1.29, 1.82) is 0 Å². The van der Waals surface area contributed by atoms with Crippen LogP contribution >= 0.6 is 11.6 Å². The van der Waals surface area contributed by atoms with Gasteiger partial charge in [0.1, 0.15) is 5.76 Å². The Morgan fingerprint density at radius 2 is 2.00 bits per heavy atom. The minimum Gasteiger partial charge on any atom is -0.496 e. The standard InChI is InChI=1S/C10H9ClO2/c1-13-9(7-10(11)12)8-5-3-2-4-6-8/h2-7H,1H3/b9-7+. The van der Waals surface area contributed by atoms with Crippen LogP contribution < -0.4 is 0 Å². The first-order chi connectivity index (χ1) is 6.24. The molecular weight excluding hydrogens is 188 g/mol. The predicted octanol–water partition coefficient (Wildman–Crippen LogP) is 2.44. The highest BCUT2D eigenvalue weighted by Crippen LogP contribution is 2.14. The Kier molecular flexibility index (Phi) is 3.53. The second kappa shape index (κ2) is 4.67. The summed E-state index contributed by atoms with van der Waals surface area (Å²) < 4.78 is 5.00. The van der Waals surface area contributed by atoms with Crippen LogP contribution in [0.5, 0.6) is 0 Å². The maximum Gasteiger partial charge on any atom is 0.248 e. The van der Waals surface area contributed by atoms with Gasteiger partial charge in [0.15, 0.2) is 0 Å². The maximum absolute atomic E-state index is 10.6. The highest BCUT2D eigenvalue weighted by Gasteiger charge is 2.01. The molecule has 0 aliphatic heterocycles. The SMILES string of the molecule is CO/C(=C/C(=O)Cl)c1ccccc1. The lowest BCUT2D eigenvalue weighted by Gasteiger charge is -2.03. The van der Waals surface area contributed by atoms with Crippen molar-refractivity contribution in [3.63, 3.8) is 0 Å². The predicted molar refractivity (Wildman–Crippen MR) is 52.3 cm³/mol. The summed E-state index contributed by atoms with van der Waals surface area (Å²) in [6, 6.07) is 9.30. The third-order valence-electron chi connectivity index (χ3n) is 1.52. The van der Waals surface area contributed by atoms with Gasteiger partial charge < -0.3 is 4.74 Å². The third kappa shape index (κ3) is 2.92. The molecule has 68 valence electrons. The van der Waals surface area contributed by atoms with Gasteiger partial charge in [0, 0.05) is 11.6 Å². The summed E-state index contributed by atoms with van der Waals surface area (Å²) in [6.45, 7) is 0. The van der Waals surface area contributed by atoms with Crippen LogP contribution in [0.4, 0.5) is 0 Å². The van der Waals surface area contributed by atoms with Crippen LogP contribution in [0, 0.1) is 0 Å². The fourth-order valence-electron chi connectivity index (χ4n) is 0.966. The highest BCUT2D eigenvalue weighted by molar-refractivity contribution is 6.66. The summed E-state index contributed by atoms with van der Waals surface area (Å²) in [4.78, 5) is 10.6. The van der Waals surface area contributed by atoms with E-state index in [1.807, 2.05) is 30.3 Å². The lowest BCUT2D eigenvalue weighted by atomic mass is 10.2. The Labute approximate surface area is 81.8 Å². The van der Waals surface area contributed by atoms with Gasteiger partial charge in [-0.05, 0) is 11.6 Å². The molecule has 0 fully saturated rings. The van der Waals surface area contributed by atoms with E-state index in [4.69, 9.17) is 16.3 Å². The average molecular weight is 197 g/mol. The monoisotopic (exact) mass is 196 g/mol. The normalized spacial score (nSPS) is 11.1. The number of carbonyl (C=O) groups excluding carboxylic acids is 1. The average Bonchev–Trinajstić information content (AvgIpc) is 2.15. The molecule has 0 N–H and O–H groups in total. The van der Waals surface area contributed by atoms with E-state index >= 15 is 0 Å². The van der Waals surface area contributed by atoms with Gasteiger partial charge in [0.05, 0.1) is 7.11 Å². The number of hydrogen-bond donors (Lipinski definition) is 0. The zero-order chi connectivity index (χ0) is 9.68. The first-order valence-corrected chi connectivity index (χ1v) is 4.12. The first kappa shape index (κ1) is 9.81. The molecule has 0 amide bonds. The molecule has 0 radical (unpaired) electrons. The summed E-state index contributed by atoms with van der Waals surface area (Å²) in [6.07, 6.45) is 1.25. The number of rotatable bonds is 3. The summed E-state index contributed by atoms with van der Waals surface area (Å²) in [7, 11) is 1.50. The van der Waals surface area contributed by atoms with Crippen LogP contribution in [-0.2, 0) is 9.53 Å². The minimum absolute atomic E-state index is 0.473. The van der Waals surface area contributed by atoms with E-state index < -0.39 is 5.24 Å². The van der Waals surface area contributed by atoms with Gasteiger partial charge >= 0.3 is 0 Å². The molecule has 13 heavy (non-hydrogen) atoms. The molecule has 0 bridgehead atoms. The fraction of sp³-hybridized carbons (Fsp3) is 0.100. The number of hydrogen-bond acceptors (Lipinski definition) is 2. The van der Waals surface area contributed by atoms with Crippen molar-refractivity contribution < 1.29 is 9.53 Å². The van der Waals surface area contributed by atoms with Crippen molar-refractivity contribution in [2.24, 2.45) is 0 Å². The lowest BCUT2D eigenvalue weighted by molar-refractivity contribution is -0.107. The molecule has 0 aliphatic carbocycles. The lowest BCUT2D eigenvalue weighted by Crippen LogP contribution is -1.89. The molecule has 3 heteroatoms. The molecule has 0 heterocycles. The number of allylic oxidation sites excluding steroid dienone is 1. The van der Waals surface area contributed by atoms with Crippen molar-refractivity contribution in [2.75, 3.05) is 7.11 Å². The largest absolute Gasteiger partial charge is 0.496 e.